The van der Waals surface area contributed by atoms with Crippen molar-refractivity contribution in [2.45, 2.75) is 4.90 Å². The second-order valence-electron chi connectivity index (χ2n) is 6.39. The number of thiazole rings is 1. The number of phenols is 1. The van der Waals surface area contributed by atoms with E-state index in [2.05, 4.69) is 20.3 Å². The first kappa shape index (κ1) is 20.6. The fourth-order valence-electron chi connectivity index (χ4n) is 2.73. The number of fused-ring (bicyclic) bond motifs is 1. The number of amides is 2. The lowest BCUT2D eigenvalue weighted by Gasteiger charge is -2.10. The van der Waals surface area contributed by atoms with Crippen LogP contribution in [-0.4, -0.2) is 24.5 Å². The van der Waals surface area contributed by atoms with Crippen molar-refractivity contribution < 1.29 is 22.7 Å². The standard InChI is InChI=1S/C20H15FN4O4S2/c21-12-3-1-6-16(9-12)31(28,29)25-14-5-2-4-13(10-14)22-19(27)24-20-23-17-8-7-15(26)11-18(17)30-20/h1-11,25-26H,(H2,22,23,24,27). The number of halogens is 1. The zero-order chi connectivity index (χ0) is 22.0. The molecule has 0 spiro atoms. The van der Waals surface area contributed by atoms with E-state index in [9.17, 15) is 22.7 Å². The van der Waals surface area contributed by atoms with Gasteiger partial charge in [0.2, 0.25) is 0 Å². The maximum atomic E-state index is 13.3. The summed E-state index contributed by atoms with van der Waals surface area (Å²) in [6, 6.07) is 14.8. The molecular weight excluding hydrogens is 443 g/mol. The van der Waals surface area contributed by atoms with Crippen LogP contribution in [0.3, 0.4) is 0 Å². The third-order valence-electron chi connectivity index (χ3n) is 4.07. The van der Waals surface area contributed by atoms with Gasteiger partial charge in [-0.1, -0.05) is 23.5 Å². The number of carbonyl (C=O) groups is 1. The molecule has 8 nitrogen and oxygen atoms in total. The van der Waals surface area contributed by atoms with Crippen LogP contribution in [0.5, 0.6) is 5.75 Å². The minimum absolute atomic E-state index is 0.102. The second kappa shape index (κ2) is 8.20. The van der Waals surface area contributed by atoms with Crippen LogP contribution in [0.15, 0.2) is 71.6 Å². The van der Waals surface area contributed by atoms with Crippen molar-refractivity contribution in [1.82, 2.24) is 4.98 Å². The van der Waals surface area contributed by atoms with Gasteiger partial charge < -0.3 is 10.4 Å². The van der Waals surface area contributed by atoms with Gasteiger partial charge in [0, 0.05) is 5.69 Å². The predicted octanol–water partition coefficient (Wildman–Crippen LogP) is 4.59. The summed E-state index contributed by atoms with van der Waals surface area (Å²) in [5.41, 5.74) is 1.15. The van der Waals surface area contributed by atoms with E-state index in [1.54, 1.807) is 24.3 Å². The van der Waals surface area contributed by atoms with Crippen molar-refractivity contribution >= 4 is 54.1 Å². The summed E-state index contributed by atoms with van der Waals surface area (Å²) >= 11 is 1.19. The molecule has 3 aromatic carbocycles. The molecule has 0 aliphatic carbocycles. The van der Waals surface area contributed by atoms with Crippen LogP contribution < -0.4 is 15.4 Å². The van der Waals surface area contributed by atoms with Gasteiger partial charge >= 0.3 is 6.03 Å². The number of aromatic nitrogens is 1. The highest BCUT2D eigenvalue weighted by Gasteiger charge is 2.15. The number of nitrogens with one attached hydrogen (secondary N) is 3. The molecule has 0 aliphatic rings. The number of nitrogens with zero attached hydrogens (tertiary/aromatic N) is 1. The highest BCUT2D eigenvalue weighted by atomic mass is 32.2. The number of carbonyl (C=O) groups excluding carboxylic acids is 1. The summed E-state index contributed by atoms with van der Waals surface area (Å²) in [5, 5.41) is 15.0. The Bertz CT molecular complexity index is 1390. The molecule has 2 amide bonds. The summed E-state index contributed by atoms with van der Waals surface area (Å²) in [4.78, 5) is 16.3. The minimum Gasteiger partial charge on any atom is -0.508 e. The van der Waals surface area contributed by atoms with Crippen molar-refractivity contribution in [2.24, 2.45) is 0 Å². The van der Waals surface area contributed by atoms with Gasteiger partial charge in [-0.15, -0.1) is 0 Å². The molecular formula is C20H15FN4O4S2. The lowest BCUT2D eigenvalue weighted by molar-refractivity contribution is 0.262. The third-order valence-corrected chi connectivity index (χ3v) is 6.38. The molecule has 0 saturated heterocycles. The van der Waals surface area contributed by atoms with Crippen LogP contribution in [0.4, 0.5) is 25.7 Å². The van der Waals surface area contributed by atoms with Gasteiger partial charge in [-0.2, -0.15) is 0 Å². The maximum absolute atomic E-state index is 13.3. The van der Waals surface area contributed by atoms with E-state index in [1.807, 2.05) is 0 Å². The van der Waals surface area contributed by atoms with Crippen molar-refractivity contribution in [3.63, 3.8) is 0 Å². The molecule has 1 heterocycles. The summed E-state index contributed by atoms with van der Waals surface area (Å²) in [6.45, 7) is 0. The van der Waals surface area contributed by atoms with E-state index < -0.39 is 21.9 Å². The monoisotopic (exact) mass is 458 g/mol. The lowest BCUT2D eigenvalue weighted by Crippen LogP contribution is -2.19. The Morgan fingerprint density at radius 2 is 1.74 bits per heavy atom. The van der Waals surface area contributed by atoms with Crippen LogP contribution >= 0.6 is 11.3 Å². The molecule has 0 unspecified atom stereocenters. The number of hydrogen-bond donors (Lipinski definition) is 4. The molecule has 0 atom stereocenters. The lowest BCUT2D eigenvalue weighted by atomic mass is 10.3. The summed E-state index contributed by atoms with van der Waals surface area (Å²) in [7, 11) is -4.00. The molecule has 4 rings (SSSR count). The fourth-order valence-corrected chi connectivity index (χ4v) is 4.71. The van der Waals surface area contributed by atoms with E-state index in [-0.39, 0.29) is 16.3 Å². The Balaban J connectivity index is 1.45. The smallest absolute Gasteiger partial charge is 0.325 e. The average Bonchev–Trinajstić information content (AvgIpc) is 3.09. The van der Waals surface area contributed by atoms with Gasteiger partial charge in [0.1, 0.15) is 11.6 Å². The van der Waals surface area contributed by atoms with Crippen LogP contribution in [0.25, 0.3) is 10.2 Å². The van der Waals surface area contributed by atoms with E-state index in [0.717, 1.165) is 12.1 Å². The number of hydrogen-bond acceptors (Lipinski definition) is 6. The first-order valence-electron chi connectivity index (χ1n) is 8.84. The van der Waals surface area contributed by atoms with Crippen LogP contribution in [-0.2, 0) is 10.0 Å². The Hall–Kier alpha value is -3.70. The Morgan fingerprint density at radius 3 is 2.55 bits per heavy atom. The van der Waals surface area contributed by atoms with Crippen LogP contribution in [0.1, 0.15) is 0 Å². The number of sulfonamides is 1. The number of urea groups is 1. The van der Waals surface area contributed by atoms with Crippen molar-refractivity contribution in [3.05, 3.63) is 72.5 Å². The Morgan fingerprint density at radius 1 is 0.968 bits per heavy atom. The molecule has 31 heavy (non-hydrogen) atoms. The zero-order valence-electron chi connectivity index (χ0n) is 15.7. The van der Waals surface area contributed by atoms with Gasteiger partial charge in [0.15, 0.2) is 5.13 Å². The minimum atomic E-state index is -4.00. The van der Waals surface area contributed by atoms with Crippen molar-refractivity contribution in [3.8, 4) is 5.75 Å². The van der Waals surface area contributed by atoms with Crippen LogP contribution in [0, 0.1) is 5.82 Å². The van der Waals surface area contributed by atoms with Crippen LogP contribution in [0.2, 0.25) is 0 Å². The molecule has 0 saturated carbocycles. The fraction of sp³-hybridized carbons (Fsp3) is 0. The molecule has 0 aliphatic heterocycles. The molecule has 1 aromatic heterocycles. The van der Waals surface area contributed by atoms with Gasteiger partial charge in [-0.25, -0.2) is 22.6 Å². The predicted molar refractivity (Wildman–Crippen MR) is 118 cm³/mol. The summed E-state index contributed by atoms with van der Waals surface area (Å²) in [6.07, 6.45) is 0. The Kier molecular flexibility index (Phi) is 5.44. The normalized spacial score (nSPS) is 11.3. The number of aromatic hydroxyl groups is 1. The topological polar surface area (TPSA) is 120 Å². The molecule has 0 fully saturated rings. The molecule has 0 radical (unpaired) electrons. The molecule has 4 aromatic rings. The highest BCUT2D eigenvalue weighted by molar-refractivity contribution is 7.92. The summed E-state index contributed by atoms with van der Waals surface area (Å²) in [5.74, 6) is -0.565. The van der Waals surface area contributed by atoms with E-state index >= 15 is 0 Å². The number of phenolic OH excluding ortho intramolecular Hbond substituents is 1. The van der Waals surface area contributed by atoms with Gasteiger partial charge in [0.25, 0.3) is 10.0 Å². The van der Waals surface area contributed by atoms with Gasteiger partial charge in [-0.05, 0) is 54.6 Å². The number of benzene rings is 3. The molecule has 0 bridgehead atoms. The van der Waals surface area contributed by atoms with E-state index in [4.69, 9.17) is 0 Å². The third kappa shape index (κ3) is 4.90. The zero-order valence-corrected chi connectivity index (χ0v) is 17.3. The number of anilines is 3. The Labute approximate surface area is 180 Å². The number of rotatable bonds is 5. The SMILES string of the molecule is O=C(Nc1cccc(NS(=O)(=O)c2cccc(F)c2)c1)Nc1nc2ccc(O)cc2s1. The largest absolute Gasteiger partial charge is 0.508 e. The second-order valence-corrected chi connectivity index (χ2v) is 9.11. The highest BCUT2D eigenvalue weighted by Crippen LogP contribution is 2.29. The maximum Gasteiger partial charge on any atom is 0.325 e. The molecule has 4 N–H and O–H groups in total. The van der Waals surface area contributed by atoms with Gasteiger partial charge in [-0.3, -0.25) is 10.0 Å². The molecule has 11 heteroatoms. The first-order valence-corrected chi connectivity index (χ1v) is 11.1. The van der Waals surface area contributed by atoms with E-state index in [1.165, 1.54) is 41.7 Å². The van der Waals surface area contributed by atoms with E-state index in [0.29, 0.717) is 21.0 Å². The van der Waals surface area contributed by atoms with Crippen molar-refractivity contribution in [1.29, 1.82) is 0 Å². The molecule has 158 valence electrons. The average molecular weight is 458 g/mol. The first-order chi connectivity index (χ1) is 14.8. The summed E-state index contributed by atoms with van der Waals surface area (Å²) < 4.78 is 41.3. The van der Waals surface area contributed by atoms with Gasteiger partial charge in [0.05, 0.1) is 20.8 Å². The quantitative estimate of drug-likeness (QED) is 0.349. The van der Waals surface area contributed by atoms with Crippen molar-refractivity contribution in [2.75, 3.05) is 15.4 Å².